The van der Waals surface area contributed by atoms with Crippen LogP contribution in [0.25, 0.3) is 0 Å². The summed E-state index contributed by atoms with van der Waals surface area (Å²) in [5.74, 6) is 0.289. The number of sulfone groups is 1. The predicted octanol–water partition coefficient (Wildman–Crippen LogP) is 0.123. The maximum Gasteiger partial charge on any atom is 0.222 e. The Morgan fingerprint density at radius 2 is 2.00 bits per heavy atom. The van der Waals surface area contributed by atoms with Gasteiger partial charge in [0.15, 0.2) is 9.84 Å². The molecule has 0 unspecified atom stereocenters. The number of amides is 1. The van der Waals surface area contributed by atoms with E-state index in [1.165, 1.54) is 0 Å². The van der Waals surface area contributed by atoms with Gasteiger partial charge in [0.05, 0.1) is 23.7 Å². The molecule has 2 aliphatic rings. The monoisotopic (exact) mass is 340 g/mol. The Bertz CT molecular complexity index is 685. The molecule has 0 radical (unpaired) electrons. The fraction of sp³-hybridized carbons (Fsp3) is 0.733. The molecule has 0 N–H and O–H groups in total. The smallest absolute Gasteiger partial charge is 0.222 e. The Labute approximate surface area is 137 Å². The molecule has 7 nitrogen and oxygen atoms in total. The van der Waals surface area contributed by atoms with Gasteiger partial charge in [0, 0.05) is 50.4 Å². The third-order valence-electron chi connectivity index (χ3n) is 4.81. The van der Waals surface area contributed by atoms with Crippen LogP contribution in [0.15, 0.2) is 12.4 Å². The van der Waals surface area contributed by atoms with Crippen LogP contribution in [0.4, 0.5) is 0 Å². The van der Waals surface area contributed by atoms with E-state index in [0.29, 0.717) is 26.1 Å². The second-order valence-electron chi connectivity index (χ2n) is 6.33. The lowest BCUT2D eigenvalue weighted by Gasteiger charge is -2.43. The highest BCUT2D eigenvalue weighted by Crippen LogP contribution is 2.28. The van der Waals surface area contributed by atoms with Gasteiger partial charge in [-0.25, -0.2) is 8.42 Å². The zero-order chi connectivity index (χ0) is 16.6. The van der Waals surface area contributed by atoms with E-state index in [2.05, 4.69) is 10.00 Å². The van der Waals surface area contributed by atoms with Crippen molar-refractivity contribution in [1.82, 2.24) is 19.6 Å². The van der Waals surface area contributed by atoms with Gasteiger partial charge in [-0.15, -0.1) is 0 Å². The topological polar surface area (TPSA) is 75.5 Å². The molecule has 1 aromatic rings. The number of rotatable bonds is 4. The van der Waals surface area contributed by atoms with E-state index >= 15 is 0 Å². The molecule has 0 bridgehead atoms. The molecule has 128 valence electrons. The van der Waals surface area contributed by atoms with Gasteiger partial charge in [0.2, 0.25) is 5.91 Å². The third-order valence-corrected chi connectivity index (χ3v) is 6.51. The van der Waals surface area contributed by atoms with Crippen molar-refractivity contribution in [2.75, 3.05) is 24.6 Å². The molecule has 8 heteroatoms. The Hall–Kier alpha value is -1.41. The first-order valence-electron chi connectivity index (χ1n) is 8.18. The molecular weight excluding hydrogens is 316 g/mol. The van der Waals surface area contributed by atoms with Crippen LogP contribution in [0.3, 0.4) is 0 Å². The van der Waals surface area contributed by atoms with Gasteiger partial charge < -0.3 is 4.90 Å². The zero-order valence-electron chi connectivity index (χ0n) is 13.7. The van der Waals surface area contributed by atoms with Crippen LogP contribution in [0.2, 0.25) is 0 Å². The lowest BCUT2D eigenvalue weighted by molar-refractivity contribution is -0.136. The van der Waals surface area contributed by atoms with Crippen molar-refractivity contribution in [2.45, 2.75) is 45.4 Å². The van der Waals surface area contributed by atoms with Gasteiger partial charge in [-0.2, -0.15) is 5.10 Å². The summed E-state index contributed by atoms with van der Waals surface area (Å²) in [7, 11) is -3.08. The molecule has 0 saturated carbocycles. The number of piperazine rings is 1. The second kappa shape index (κ2) is 6.24. The fourth-order valence-corrected chi connectivity index (χ4v) is 5.64. The van der Waals surface area contributed by atoms with Gasteiger partial charge in [-0.3, -0.25) is 14.4 Å². The second-order valence-corrected chi connectivity index (χ2v) is 8.48. The van der Waals surface area contributed by atoms with Crippen molar-refractivity contribution < 1.29 is 13.2 Å². The van der Waals surface area contributed by atoms with Crippen molar-refractivity contribution in [2.24, 2.45) is 0 Å². The average molecular weight is 340 g/mol. The van der Waals surface area contributed by atoms with Gasteiger partial charge in [-0.05, 0) is 6.92 Å². The number of carbonyl (C=O) groups is 1. The largest absolute Gasteiger partial charge is 0.336 e. The highest BCUT2D eigenvalue weighted by Gasteiger charge is 2.47. The molecule has 2 aliphatic heterocycles. The van der Waals surface area contributed by atoms with E-state index in [1.54, 1.807) is 4.90 Å². The molecule has 0 spiro atoms. The number of aromatic nitrogens is 2. The Morgan fingerprint density at radius 1 is 1.26 bits per heavy atom. The lowest BCUT2D eigenvalue weighted by Crippen LogP contribution is -2.60. The highest BCUT2D eigenvalue weighted by atomic mass is 32.2. The van der Waals surface area contributed by atoms with E-state index in [0.717, 1.165) is 12.1 Å². The molecule has 1 amide bonds. The zero-order valence-corrected chi connectivity index (χ0v) is 14.5. The number of hydrogen-bond donors (Lipinski definition) is 0. The van der Waals surface area contributed by atoms with E-state index < -0.39 is 9.84 Å². The summed E-state index contributed by atoms with van der Waals surface area (Å²) in [5.41, 5.74) is 1.09. The van der Waals surface area contributed by atoms with Crippen LogP contribution >= 0.6 is 0 Å². The van der Waals surface area contributed by atoms with Crippen molar-refractivity contribution in [3.05, 3.63) is 18.0 Å². The van der Waals surface area contributed by atoms with E-state index in [1.807, 2.05) is 30.9 Å². The minimum absolute atomic E-state index is 0.0514. The number of carbonyl (C=O) groups excluding carboxylic acids is 1. The summed E-state index contributed by atoms with van der Waals surface area (Å²) in [6, 6.07) is -0.309. The van der Waals surface area contributed by atoms with Crippen molar-refractivity contribution in [3.8, 4) is 0 Å². The Kier molecular flexibility index (Phi) is 4.46. The maximum atomic E-state index is 12.1. The van der Waals surface area contributed by atoms with Crippen LogP contribution in [0.5, 0.6) is 0 Å². The summed E-state index contributed by atoms with van der Waals surface area (Å²) >= 11 is 0. The fourth-order valence-electron chi connectivity index (χ4n) is 3.63. The van der Waals surface area contributed by atoms with Gasteiger partial charge in [0.25, 0.3) is 0 Å². The van der Waals surface area contributed by atoms with Crippen LogP contribution in [0, 0.1) is 0 Å². The van der Waals surface area contributed by atoms with E-state index in [4.69, 9.17) is 0 Å². The molecule has 3 rings (SSSR count). The van der Waals surface area contributed by atoms with E-state index in [9.17, 15) is 13.2 Å². The van der Waals surface area contributed by atoms with Crippen molar-refractivity contribution >= 4 is 15.7 Å². The van der Waals surface area contributed by atoms with Crippen molar-refractivity contribution in [3.63, 3.8) is 0 Å². The van der Waals surface area contributed by atoms with Crippen LogP contribution < -0.4 is 0 Å². The molecule has 23 heavy (non-hydrogen) atoms. The summed E-state index contributed by atoms with van der Waals surface area (Å²) in [6.45, 7) is 6.67. The lowest BCUT2D eigenvalue weighted by atomic mass is 10.0. The first-order valence-corrected chi connectivity index (χ1v) is 10.0. The molecule has 2 fully saturated rings. The molecule has 2 saturated heterocycles. The molecule has 0 aromatic carbocycles. The first kappa shape index (κ1) is 16.4. The Morgan fingerprint density at radius 3 is 2.65 bits per heavy atom. The van der Waals surface area contributed by atoms with E-state index in [-0.39, 0.29) is 29.5 Å². The quantitative estimate of drug-likeness (QED) is 0.778. The molecular formula is C15H24N4O3S. The first-order chi connectivity index (χ1) is 10.9. The van der Waals surface area contributed by atoms with Crippen LogP contribution in [0.1, 0.15) is 25.8 Å². The predicted molar refractivity (Wildman–Crippen MR) is 86.5 cm³/mol. The summed E-state index contributed by atoms with van der Waals surface area (Å²) < 4.78 is 26.1. The van der Waals surface area contributed by atoms with Crippen LogP contribution in [-0.2, 0) is 27.7 Å². The Balaban J connectivity index is 1.79. The average Bonchev–Trinajstić information content (AvgIpc) is 3.09. The number of nitrogens with zero attached hydrogens (tertiary/aromatic N) is 4. The standard InChI is InChI=1S/C15H24N4O3S/c1-3-15(20)19-6-5-17(8-12-7-16-18(4-2)9-12)13-10-23(21,22)11-14(13)19/h7,9,13-14H,3-6,8,10-11H2,1-2H3/t13-,14+/m0/s1. The van der Waals surface area contributed by atoms with Gasteiger partial charge >= 0.3 is 0 Å². The molecule has 0 aliphatic carbocycles. The minimum Gasteiger partial charge on any atom is -0.336 e. The SMILES string of the molecule is CCC(=O)N1CCN(Cc2cnn(CC)c2)[C@H]2CS(=O)(=O)C[C@H]21. The number of aryl methyl sites for hydroxylation is 1. The minimum atomic E-state index is -3.08. The van der Waals surface area contributed by atoms with Crippen LogP contribution in [-0.4, -0.2) is 70.6 Å². The summed E-state index contributed by atoms with van der Waals surface area (Å²) in [6.07, 6.45) is 4.26. The third kappa shape index (κ3) is 3.28. The summed E-state index contributed by atoms with van der Waals surface area (Å²) in [5, 5.41) is 4.28. The molecule has 2 atom stereocenters. The van der Waals surface area contributed by atoms with Gasteiger partial charge in [0.1, 0.15) is 0 Å². The normalized spacial score (nSPS) is 27.1. The highest BCUT2D eigenvalue weighted by molar-refractivity contribution is 7.91. The summed E-state index contributed by atoms with van der Waals surface area (Å²) in [4.78, 5) is 16.1. The van der Waals surface area contributed by atoms with Crippen molar-refractivity contribution in [1.29, 1.82) is 0 Å². The number of hydrogen-bond acceptors (Lipinski definition) is 5. The van der Waals surface area contributed by atoms with Gasteiger partial charge in [-0.1, -0.05) is 6.92 Å². The maximum absolute atomic E-state index is 12.1. The number of fused-ring (bicyclic) bond motifs is 1. The molecule has 3 heterocycles. The molecule has 1 aromatic heterocycles.